The summed E-state index contributed by atoms with van der Waals surface area (Å²) in [7, 11) is 0. The van der Waals surface area contributed by atoms with E-state index in [1.54, 1.807) is 25.1 Å². The van der Waals surface area contributed by atoms with Gasteiger partial charge in [-0.25, -0.2) is 4.98 Å². The van der Waals surface area contributed by atoms with E-state index in [1.165, 1.54) is 12.3 Å². The fourth-order valence-corrected chi connectivity index (χ4v) is 1.72. The van der Waals surface area contributed by atoms with Crippen LogP contribution in [-0.4, -0.2) is 15.0 Å². The molecule has 2 aromatic rings. The van der Waals surface area contributed by atoms with E-state index in [0.717, 1.165) is 12.0 Å². The van der Waals surface area contributed by atoms with Gasteiger partial charge in [-0.2, -0.15) is 0 Å². The van der Waals surface area contributed by atoms with Crippen molar-refractivity contribution in [3.63, 3.8) is 0 Å². The predicted octanol–water partition coefficient (Wildman–Crippen LogP) is 3.36. The fourth-order valence-electron chi connectivity index (χ4n) is 1.72. The van der Waals surface area contributed by atoms with Gasteiger partial charge in [-0.1, -0.05) is 13.0 Å². The van der Waals surface area contributed by atoms with Crippen LogP contribution in [0.15, 0.2) is 30.5 Å². The zero-order chi connectivity index (χ0) is 14.7. The first-order chi connectivity index (χ1) is 9.51. The summed E-state index contributed by atoms with van der Waals surface area (Å²) in [4.78, 5) is 14.3. The SMILES string of the molecule is CCc1ccc(Oc2ncc(C)cc2[N+](=O)[O-])c(O)c1. The van der Waals surface area contributed by atoms with Crippen molar-refractivity contribution < 1.29 is 14.8 Å². The number of nitro groups is 1. The number of hydrogen-bond acceptors (Lipinski definition) is 5. The zero-order valence-corrected chi connectivity index (χ0v) is 11.2. The summed E-state index contributed by atoms with van der Waals surface area (Å²) in [6.45, 7) is 3.67. The number of hydrogen-bond donors (Lipinski definition) is 1. The molecule has 0 aliphatic heterocycles. The van der Waals surface area contributed by atoms with Crippen molar-refractivity contribution in [1.82, 2.24) is 4.98 Å². The van der Waals surface area contributed by atoms with Gasteiger partial charge in [0.15, 0.2) is 11.5 Å². The third kappa shape index (κ3) is 2.85. The Kier molecular flexibility index (Phi) is 3.84. The fraction of sp³-hybridized carbons (Fsp3) is 0.214. The molecule has 1 aromatic heterocycles. The smallest absolute Gasteiger partial charge is 0.331 e. The first kappa shape index (κ1) is 13.8. The zero-order valence-electron chi connectivity index (χ0n) is 11.2. The van der Waals surface area contributed by atoms with E-state index in [2.05, 4.69) is 4.98 Å². The van der Waals surface area contributed by atoms with Crippen LogP contribution in [0.1, 0.15) is 18.1 Å². The van der Waals surface area contributed by atoms with Gasteiger partial charge in [0.1, 0.15) is 0 Å². The highest BCUT2D eigenvalue weighted by Crippen LogP contribution is 2.34. The van der Waals surface area contributed by atoms with Crippen LogP contribution in [0, 0.1) is 17.0 Å². The number of aromatic nitrogens is 1. The molecule has 0 fully saturated rings. The maximum Gasteiger partial charge on any atom is 0.331 e. The topological polar surface area (TPSA) is 85.5 Å². The molecule has 0 aliphatic carbocycles. The average molecular weight is 274 g/mol. The normalized spacial score (nSPS) is 10.3. The number of aryl methyl sites for hydroxylation is 2. The molecule has 6 heteroatoms. The maximum absolute atomic E-state index is 11.0. The summed E-state index contributed by atoms with van der Waals surface area (Å²) in [5, 5.41) is 20.8. The molecular formula is C14H14N2O4. The van der Waals surface area contributed by atoms with E-state index >= 15 is 0 Å². The van der Waals surface area contributed by atoms with Crippen molar-refractivity contribution in [2.24, 2.45) is 0 Å². The van der Waals surface area contributed by atoms with Crippen molar-refractivity contribution in [2.45, 2.75) is 20.3 Å². The van der Waals surface area contributed by atoms with E-state index in [-0.39, 0.29) is 23.1 Å². The molecule has 0 saturated carbocycles. The molecule has 1 aromatic carbocycles. The van der Waals surface area contributed by atoms with E-state index in [4.69, 9.17) is 4.74 Å². The second-order valence-corrected chi connectivity index (χ2v) is 4.35. The summed E-state index contributed by atoms with van der Waals surface area (Å²) in [6.07, 6.45) is 2.25. The number of benzene rings is 1. The first-order valence-corrected chi connectivity index (χ1v) is 6.12. The van der Waals surface area contributed by atoms with Crippen molar-refractivity contribution >= 4 is 5.69 Å². The third-order valence-corrected chi connectivity index (χ3v) is 2.80. The molecule has 0 amide bonds. The third-order valence-electron chi connectivity index (χ3n) is 2.80. The molecule has 0 radical (unpaired) electrons. The summed E-state index contributed by atoms with van der Waals surface area (Å²) in [6, 6.07) is 6.30. The van der Waals surface area contributed by atoms with Crippen LogP contribution in [0.2, 0.25) is 0 Å². The molecule has 1 N–H and O–H groups in total. The first-order valence-electron chi connectivity index (χ1n) is 6.12. The summed E-state index contributed by atoms with van der Waals surface area (Å²) < 4.78 is 5.35. The minimum Gasteiger partial charge on any atom is -0.504 e. The molecule has 20 heavy (non-hydrogen) atoms. The Bertz CT molecular complexity index is 656. The Hall–Kier alpha value is -2.63. The molecular weight excluding hydrogens is 260 g/mol. The second kappa shape index (κ2) is 5.56. The Morgan fingerprint density at radius 2 is 2.15 bits per heavy atom. The summed E-state index contributed by atoms with van der Waals surface area (Å²) >= 11 is 0. The standard InChI is InChI=1S/C14H14N2O4/c1-3-10-4-5-13(12(17)7-10)20-14-11(16(18)19)6-9(2)8-15-14/h4-8,17H,3H2,1-2H3. The van der Waals surface area contributed by atoms with Crippen LogP contribution >= 0.6 is 0 Å². The number of pyridine rings is 1. The Labute approximate surface area is 115 Å². The lowest BCUT2D eigenvalue weighted by Gasteiger charge is -2.08. The van der Waals surface area contributed by atoms with Crippen LogP contribution in [0.3, 0.4) is 0 Å². The molecule has 6 nitrogen and oxygen atoms in total. The second-order valence-electron chi connectivity index (χ2n) is 4.35. The van der Waals surface area contributed by atoms with Gasteiger partial charge in [0.2, 0.25) is 0 Å². The highest BCUT2D eigenvalue weighted by molar-refractivity contribution is 5.48. The average Bonchev–Trinajstić information content (AvgIpc) is 2.42. The van der Waals surface area contributed by atoms with Crippen molar-refractivity contribution in [3.8, 4) is 17.4 Å². The highest BCUT2D eigenvalue weighted by atomic mass is 16.6. The quantitative estimate of drug-likeness (QED) is 0.682. The predicted molar refractivity (Wildman–Crippen MR) is 73.2 cm³/mol. The molecule has 2 rings (SSSR count). The van der Waals surface area contributed by atoms with Crippen LogP contribution < -0.4 is 4.74 Å². The van der Waals surface area contributed by atoms with Gasteiger partial charge in [0.25, 0.3) is 5.88 Å². The number of nitrogens with zero attached hydrogens (tertiary/aromatic N) is 2. The van der Waals surface area contributed by atoms with Crippen LogP contribution in [0.25, 0.3) is 0 Å². The largest absolute Gasteiger partial charge is 0.504 e. The number of rotatable bonds is 4. The highest BCUT2D eigenvalue weighted by Gasteiger charge is 2.19. The molecule has 0 saturated heterocycles. The van der Waals surface area contributed by atoms with Gasteiger partial charge < -0.3 is 9.84 Å². The van der Waals surface area contributed by atoms with Gasteiger partial charge in [-0.15, -0.1) is 0 Å². The van der Waals surface area contributed by atoms with E-state index < -0.39 is 4.92 Å². The Morgan fingerprint density at radius 3 is 2.75 bits per heavy atom. The number of aromatic hydroxyl groups is 1. The van der Waals surface area contributed by atoms with E-state index in [1.807, 2.05) is 6.92 Å². The lowest BCUT2D eigenvalue weighted by Crippen LogP contribution is -1.97. The number of phenolic OH excluding ortho intramolecular Hbond substituents is 1. The van der Waals surface area contributed by atoms with Gasteiger partial charge in [0, 0.05) is 12.3 Å². The molecule has 0 aliphatic rings. The van der Waals surface area contributed by atoms with E-state index in [0.29, 0.717) is 5.56 Å². The van der Waals surface area contributed by atoms with Crippen LogP contribution in [-0.2, 0) is 6.42 Å². The molecule has 104 valence electrons. The lowest BCUT2D eigenvalue weighted by molar-refractivity contribution is -0.386. The van der Waals surface area contributed by atoms with Gasteiger partial charge >= 0.3 is 5.69 Å². The molecule has 0 atom stereocenters. The Balaban J connectivity index is 2.37. The van der Waals surface area contributed by atoms with Crippen molar-refractivity contribution in [1.29, 1.82) is 0 Å². The minimum atomic E-state index is -0.563. The van der Waals surface area contributed by atoms with E-state index in [9.17, 15) is 15.2 Å². The van der Waals surface area contributed by atoms with Crippen molar-refractivity contribution in [3.05, 3.63) is 51.7 Å². The lowest BCUT2D eigenvalue weighted by atomic mass is 10.1. The molecule has 0 spiro atoms. The van der Waals surface area contributed by atoms with Crippen LogP contribution in [0.4, 0.5) is 5.69 Å². The molecule has 1 heterocycles. The maximum atomic E-state index is 11.0. The number of phenols is 1. The Morgan fingerprint density at radius 1 is 1.40 bits per heavy atom. The van der Waals surface area contributed by atoms with Gasteiger partial charge in [-0.05, 0) is 36.6 Å². The molecule has 0 bridgehead atoms. The van der Waals surface area contributed by atoms with Crippen molar-refractivity contribution in [2.75, 3.05) is 0 Å². The van der Waals surface area contributed by atoms with Crippen LogP contribution in [0.5, 0.6) is 17.4 Å². The van der Waals surface area contributed by atoms with Gasteiger partial charge in [-0.3, -0.25) is 10.1 Å². The number of ether oxygens (including phenoxy) is 1. The van der Waals surface area contributed by atoms with Gasteiger partial charge in [0.05, 0.1) is 4.92 Å². The monoisotopic (exact) mass is 274 g/mol. The molecule has 0 unspecified atom stereocenters. The summed E-state index contributed by atoms with van der Waals surface area (Å²) in [5.74, 6) is -0.0668. The summed E-state index contributed by atoms with van der Waals surface area (Å²) in [5.41, 5.74) is 1.37. The minimum absolute atomic E-state index is 0.0685.